The molecule has 9 heteroatoms. The van der Waals surface area contributed by atoms with E-state index >= 15 is 0 Å². The zero-order chi connectivity index (χ0) is 17.0. The molecule has 0 aliphatic rings. The summed E-state index contributed by atoms with van der Waals surface area (Å²) in [6.07, 6.45) is -3.29. The molecule has 0 unspecified atom stereocenters. The molecule has 0 spiro atoms. The zero-order valence-corrected chi connectivity index (χ0v) is 12.8. The third-order valence-electron chi connectivity index (χ3n) is 2.60. The molecule has 0 radical (unpaired) electrons. The summed E-state index contributed by atoms with van der Waals surface area (Å²) in [5, 5.41) is 1.44. The van der Waals surface area contributed by atoms with Gasteiger partial charge in [-0.25, -0.2) is 4.98 Å². The minimum absolute atomic E-state index is 0.0380. The first-order valence-corrected chi connectivity index (χ1v) is 6.93. The number of hydrogen-bond acceptors (Lipinski definition) is 3. The summed E-state index contributed by atoms with van der Waals surface area (Å²) in [6.45, 7) is -0.515. The minimum atomic E-state index is -4.74. The van der Waals surface area contributed by atoms with Crippen molar-refractivity contribution in [3.63, 3.8) is 0 Å². The van der Waals surface area contributed by atoms with Gasteiger partial charge in [0.2, 0.25) is 5.88 Å². The number of nitrogens with zero attached hydrogens (tertiary/aromatic N) is 1. The Balaban J connectivity index is 2.14. The first-order chi connectivity index (χ1) is 10.8. The fraction of sp³-hybridized carbons (Fsp3) is 0.143. The van der Waals surface area contributed by atoms with Crippen molar-refractivity contribution in [3.05, 3.63) is 52.1 Å². The highest BCUT2D eigenvalue weighted by Crippen LogP contribution is 2.41. The van der Waals surface area contributed by atoms with Gasteiger partial charge >= 0.3 is 6.18 Å². The van der Waals surface area contributed by atoms with Gasteiger partial charge in [-0.3, -0.25) is 4.79 Å². The van der Waals surface area contributed by atoms with Gasteiger partial charge in [-0.2, -0.15) is 13.2 Å². The first-order valence-electron chi connectivity index (χ1n) is 6.17. The molecule has 1 N–H and O–H groups in total. The molecule has 0 bridgehead atoms. The summed E-state index contributed by atoms with van der Waals surface area (Å²) >= 11 is 11.3. The van der Waals surface area contributed by atoms with Crippen molar-refractivity contribution in [1.29, 1.82) is 0 Å². The molecule has 0 fully saturated rings. The fourth-order valence-electron chi connectivity index (χ4n) is 1.72. The molecule has 23 heavy (non-hydrogen) atoms. The Morgan fingerprint density at radius 2 is 2.00 bits per heavy atom. The molecule has 1 aromatic carbocycles. The van der Waals surface area contributed by atoms with Crippen molar-refractivity contribution >= 4 is 34.8 Å². The van der Waals surface area contributed by atoms with E-state index in [0.717, 1.165) is 12.1 Å². The molecule has 0 aliphatic heterocycles. The number of ether oxygens (including phenoxy) is 1. The van der Waals surface area contributed by atoms with E-state index in [4.69, 9.17) is 27.9 Å². The Kier molecular flexibility index (Phi) is 5.33. The van der Waals surface area contributed by atoms with Gasteiger partial charge in [0.05, 0.1) is 16.3 Å². The zero-order valence-electron chi connectivity index (χ0n) is 11.3. The minimum Gasteiger partial charge on any atom is -0.468 e. The van der Waals surface area contributed by atoms with Gasteiger partial charge in [-0.1, -0.05) is 29.3 Å². The highest BCUT2D eigenvalue weighted by atomic mass is 35.5. The Bertz CT molecular complexity index is 709. The van der Waals surface area contributed by atoms with Crippen LogP contribution in [-0.4, -0.2) is 17.5 Å². The van der Waals surface area contributed by atoms with Crippen molar-refractivity contribution in [2.45, 2.75) is 6.18 Å². The van der Waals surface area contributed by atoms with Crippen LogP contribution in [0.5, 0.6) is 5.88 Å². The summed E-state index contributed by atoms with van der Waals surface area (Å²) in [7, 11) is 0. The van der Waals surface area contributed by atoms with Crippen LogP contribution in [0.15, 0.2) is 36.5 Å². The molecule has 0 saturated carbocycles. The lowest BCUT2D eigenvalue weighted by Crippen LogP contribution is -2.22. The van der Waals surface area contributed by atoms with Crippen LogP contribution in [0.25, 0.3) is 0 Å². The summed E-state index contributed by atoms with van der Waals surface area (Å²) in [6, 6.07) is 6.71. The molecular weight excluding hydrogens is 356 g/mol. The van der Waals surface area contributed by atoms with E-state index in [9.17, 15) is 18.0 Å². The average Bonchev–Trinajstić information content (AvgIpc) is 2.44. The second kappa shape index (κ2) is 7.06. The van der Waals surface area contributed by atoms with Gasteiger partial charge in [-0.15, -0.1) is 0 Å². The maximum atomic E-state index is 13.0. The number of benzene rings is 1. The lowest BCUT2D eigenvalue weighted by molar-refractivity contribution is -0.136. The van der Waals surface area contributed by atoms with E-state index in [1.54, 1.807) is 12.1 Å². The Labute approximate surface area is 139 Å². The predicted molar refractivity (Wildman–Crippen MR) is 79.8 cm³/mol. The SMILES string of the molecule is O=C(COc1ccccn1)Nc1cc(Cl)cc(Cl)c1C(F)(F)F. The molecule has 1 heterocycles. The predicted octanol–water partition coefficient (Wildman–Crippen LogP) is 4.42. The van der Waals surface area contributed by atoms with Gasteiger partial charge in [0, 0.05) is 17.3 Å². The van der Waals surface area contributed by atoms with E-state index in [1.807, 2.05) is 0 Å². The van der Waals surface area contributed by atoms with Crippen molar-refractivity contribution in [3.8, 4) is 5.88 Å². The van der Waals surface area contributed by atoms with Gasteiger partial charge in [-0.05, 0) is 18.2 Å². The number of aromatic nitrogens is 1. The van der Waals surface area contributed by atoms with Gasteiger partial charge < -0.3 is 10.1 Å². The van der Waals surface area contributed by atoms with Crippen LogP contribution in [0.4, 0.5) is 18.9 Å². The molecule has 122 valence electrons. The van der Waals surface area contributed by atoms with Gasteiger partial charge in [0.15, 0.2) is 6.61 Å². The molecule has 2 aromatic rings. The Hall–Kier alpha value is -1.99. The lowest BCUT2D eigenvalue weighted by atomic mass is 10.1. The largest absolute Gasteiger partial charge is 0.468 e. The van der Waals surface area contributed by atoms with Gasteiger partial charge in [0.25, 0.3) is 5.91 Å². The molecule has 0 aliphatic carbocycles. The highest BCUT2D eigenvalue weighted by Gasteiger charge is 2.37. The van der Waals surface area contributed by atoms with Crippen molar-refractivity contribution in [1.82, 2.24) is 4.98 Å². The smallest absolute Gasteiger partial charge is 0.419 e. The standard InChI is InChI=1S/C14H9Cl2F3N2O2/c15-8-5-9(16)13(14(17,18)19)10(6-8)21-11(22)7-23-12-3-1-2-4-20-12/h1-6H,7H2,(H,21,22). The van der Waals surface area contributed by atoms with Crippen molar-refractivity contribution in [2.75, 3.05) is 11.9 Å². The summed E-state index contributed by atoms with van der Waals surface area (Å²) in [5.41, 5.74) is -1.71. The van der Waals surface area contributed by atoms with Crippen LogP contribution in [-0.2, 0) is 11.0 Å². The fourth-order valence-corrected chi connectivity index (χ4v) is 2.32. The molecule has 0 saturated heterocycles. The topological polar surface area (TPSA) is 51.2 Å². The number of halogens is 5. The number of amides is 1. The summed E-state index contributed by atoms with van der Waals surface area (Å²) in [5.74, 6) is -0.637. The van der Waals surface area contributed by atoms with Gasteiger partial charge in [0.1, 0.15) is 0 Å². The van der Waals surface area contributed by atoms with Crippen LogP contribution in [0.1, 0.15) is 5.56 Å². The van der Waals surface area contributed by atoms with E-state index in [0.29, 0.717) is 0 Å². The number of hydrogen-bond donors (Lipinski definition) is 1. The van der Waals surface area contributed by atoms with E-state index in [1.165, 1.54) is 12.3 Å². The third-order valence-corrected chi connectivity index (χ3v) is 3.12. The van der Waals surface area contributed by atoms with Crippen LogP contribution in [0, 0.1) is 0 Å². The van der Waals surface area contributed by atoms with E-state index in [2.05, 4.69) is 10.3 Å². The second-order valence-corrected chi connectivity index (χ2v) is 5.16. The van der Waals surface area contributed by atoms with Crippen LogP contribution < -0.4 is 10.1 Å². The average molecular weight is 365 g/mol. The number of carbonyl (C=O) groups is 1. The summed E-state index contributed by atoms with van der Waals surface area (Å²) in [4.78, 5) is 15.6. The number of nitrogens with one attached hydrogen (secondary N) is 1. The maximum Gasteiger partial charge on any atom is 0.419 e. The first kappa shape index (κ1) is 17.4. The summed E-state index contributed by atoms with van der Waals surface area (Å²) < 4.78 is 44.1. The number of pyridine rings is 1. The molecular formula is C14H9Cl2F3N2O2. The van der Waals surface area contributed by atoms with Crippen molar-refractivity contribution in [2.24, 2.45) is 0 Å². The number of carbonyl (C=O) groups excluding carboxylic acids is 1. The quantitative estimate of drug-likeness (QED) is 0.873. The van der Waals surface area contributed by atoms with E-state index < -0.39 is 35.0 Å². The monoisotopic (exact) mass is 364 g/mol. The maximum absolute atomic E-state index is 13.0. The normalized spacial score (nSPS) is 11.2. The van der Waals surface area contributed by atoms with Crippen LogP contribution >= 0.6 is 23.2 Å². The molecule has 4 nitrogen and oxygen atoms in total. The van der Waals surface area contributed by atoms with E-state index in [-0.39, 0.29) is 10.9 Å². The van der Waals surface area contributed by atoms with Crippen molar-refractivity contribution < 1.29 is 22.7 Å². The third kappa shape index (κ3) is 4.74. The number of alkyl halides is 3. The van der Waals surface area contributed by atoms with Crippen LogP contribution in [0.2, 0.25) is 10.0 Å². The Morgan fingerprint density at radius 1 is 1.26 bits per heavy atom. The molecule has 0 atom stereocenters. The Morgan fingerprint density at radius 3 is 2.61 bits per heavy atom. The highest BCUT2D eigenvalue weighted by molar-refractivity contribution is 6.35. The molecule has 1 amide bonds. The lowest BCUT2D eigenvalue weighted by Gasteiger charge is -2.16. The molecule has 2 rings (SSSR count). The molecule has 1 aromatic heterocycles. The second-order valence-electron chi connectivity index (χ2n) is 4.31. The number of anilines is 1. The number of rotatable bonds is 4. The van der Waals surface area contributed by atoms with Crippen LogP contribution in [0.3, 0.4) is 0 Å².